The van der Waals surface area contributed by atoms with Crippen LogP contribution in [-0.2, 0) is 32.2 Å². The summed E-state index contributed by atoms with van der Waals surface area (Å²) in [7, 11) is 0. The summed E-state index contributed by atoms with van der Waals surface area (Å²) in [5.74, 6) is -1.91. The predicted octanol–water partition coefficient (Wildman–Crippen LogP) is 3.49. The molecule has 0 aromatic heterocycles. The lowest BCUT2D eigenvalue weighted by Crippen LogP contribution is -2.57. The fraction of sp³-hybridized carbons (Fsp3) is 0.360. The van der Waals surface area contributed by atoms with Crippen LogP contribution >= 0.6 is 35.0 Å². The molecule has 37 heavy (non-hydrogen) atoms. The number of halogens is 2. The number of aliphatic carboxylic acids is 2. The molecule has 1 amide bonds. The van der Waals surface area contributed by atoms with Crippen molar-refractivity contribution in [2.75, 3.05) is 18.8 Å². The Bertz CT molecular complexity index is 1130. The van der Waals surface area contributed by atoms with E-state index in [1.807, 2.05) is 0 Å². The van der Waals surface area contributed by atoms with Crippen LogP contribution in [0.15, 0.2) is 42.5 Å². The summed E-state index contributed by atoms with van der Waals surface area (Å²) in [5.41, 5.74) is 1.29. The van der Waals surface area contributed by atoms with Gasteiger partial charge >= 0.3 is 11.9 Å². The van der Waals surface area contributed by atoms with E-state index < -0.39 is 29.9 Å². The maximum absolute atomic E-state index is 12.9. The van der Waals surface area contributed by atoms with Gasteiger partial charge in [0.2, 0.25) is 11.0 Å². The molecule has 3 rings (SSSR count). The Morgan fingerprint density at radius 3 is 2.41 bits per heavy atom. The van der Waals surface area contributed by atoms with Crippen LogP contribution < -0.4 is 10.1 Å². The zero-order valence-electron chi connectivity index (χ0n) is 19.7. The minimum atomic E-state index is -1.26. The second kappa shape index (κ2) is 13.7. The monoisotopic (exact) mass is 568 g/mol. The number of ether oxygens (including phenoxy) is 1. The average molecular weight is 569 g/mol. The van der Waals surface area contributed by atoms with E-state index in [9.17, 15) is 24.3 Å². The van der Waals surface area contributed by atoms with E-state index in [0.29, 0.717) is 39.2 Å². The fourth-order valence-corrected chi connectivity index (χ4v) is 5.25. The van der Waals surface area contributed by atoms with Crippen molar-refractivity contribution in [2.45, 2.75) is 38.0 Å². The van der Waals surface area contributed by atoms with Crippen molar-refractivity contribution in [3.05, 3.63) is 63.6 Å². The number of thioether (sulfide) groups is 1. The van der Waals surface area contributed by atoms with Gasteiger partial charge in [0.25, 0.3) is 0 Å². The van der Waals surface area contributed by atoms with Crippen LogP contribution in [0.4, 0.5) is 0 Å². The first kappa shape index (κ1) is 28.8. The van der Waals surface area contributed by atoms with Gasteiger partial charge in [-0.25, -0.2) is 4.79 Å². The van der Waals surface area contributed by atoms with Gasteiger partial charge in [-0.3, -0.25) is 19.3 Å². The highest BCUT2D eigenvalue weighted by Crippen LogP contribution is 2.26. The Hall–Kier alpha value is -2.79. The second-order valence-electron chi connectivity index (χ2n) is 8.34. The minimum Gasteiger partial charge on any atom is -0.489 e. The predicted molar refractivity (Wildman–Crippen MR) is 140 cm³/mol. The Morgan fingerprint density at radius 1 is 1.11 bits per heavy atom. The molecule has 2 aromatic rings. The molecular formula is C25H26Cl2N2O7S. The van der Waals surface area contributed by atoms with Crippen molar-refractivity contribution < 1.29 is 34.1 Å². The van der Waals surface area contributed by atoms with Crippen molar-refractivity contribution in [1.29, 1.82) is 0 Å². The first-order valence-corrected chi connectivity index (χ1v) is 13.2. The van der Waals surface area contributed by atoms with Gasteiger partial charge in [-0.15, -0.1) is 0 Å². The van der Waals surface area contributed by atoms with Crippen LogP contribution in [0.2, 0.25) is 10.0 Å². The van der Waals surface area contributed by atoms with Crippen molar-refractivity contribution >= 4 is 57.9 Å². The van der Waals surface area contributed by atoms with Gasteiger partial charge in [0.05, 0.1) is 0 Å². The number of carbonyl (C=O) groups excluding carboxylic acids is 2. The van der Waals surface area contributed by atoms with E-state index in [4.69, 9.17) is 33.0 Å². The standard InChI is InChI=1S/C25H26Cl2N2O7S/c26-18-3-1-4-19(27)17(18)14-36-16-8-6-15(7-9-16)13-20(24(33)34)28-23(32)22-25(35)37-12-11-29(22)10-2-5-21(30)31/h1,3-4,6-9,20,22H,2,5,10-14H2,(H,28,32)(H,30,31)(H,33,34)/t20-,22+/m1/s1. The normalized spacial score (nSPS) is 16.7. The largest absolute Gasteiger partial charge is 0.489 e. The summed E-state index contributed by atoms with van der Waals surface area (Å²) in [4.78, 5) is 49.7. The minimum absolute atomic E-state index is 0.00916. The Balaban J connectivity index is 1.61. The molecule has 9 nitrogen and oxygen atoms in total. The second-order valence-corrected chi connectivity index (χ2v) is 10.3. The molecular weight excluding hydrogens is 543 g/mol. The smallest absolute Gasteiger partial charge is 0.326 e. The van der Waals surface area contributed by atoms with E-state index in [0.717, 1.165) is 11.8 Å². The van der Waals surface area contributed by atoms with Gasteiger partial charge in [0.15, 0.2) is 6.04 Å². The van der Waals surface area contributed by atoms with Crippen LogP contribution in [0, 0.1) is 0 Å². The number of nitrogens with one attached hydrogen (secondary N) is 1. The number of nitrogens with zero attached hydrogens (tertiary/aromatic N) is 1. The summed E-state index contributed by atoms with van der Waals surface area (Å²) >= 11 is 13.3. The van der Waals surface area contributed by atoms with Gasteiger partial charge in [-0.1, -0.05) is 53.2 Å². The van der Waals surface area contributed by atoms with E-state index in [-0.39, 0.29) is 37.5 Å². The number of benzene rings is 2. The third-order valence-electron chi connectivity index (χ3n) is 5.72. The molecule has 0 bridgehead atoms. The van der Waals surface area contributed by atoms with Crippen molar-refractivity contribution in [3.63, 3.8) is 0 Å². The Labute approximate surface area is 228 Å². The van der Waals surface area contributed by atoms with Gasteiger partial charge in [-0.2, -0.15) is 0 Å². The third kappa shape index (κ3) is 8.36. The van der Waals surface area contributed by atoms with E-state index in [1.54, 1.807) is 47.4 Å². The number of carboxylic acids is 2. The van der Waals surface area contributed by atoms with E-state index >= 15 is 0 Å². The number of carboxylic acid groups (broad SMARTS) is 2. The zero-order valence-corrected chi connectivity index (χ0v) is 22.0. The molecule has 1 saturated heterocycles. The van der Waals surface area contributed by atoms with Crippen molar-refractivity contribution in [3.8, 4) is 5.75 Å². The molecule has 1 fully saturated rings. The average Bonchev–Trinajstić information content (AvgIpc) is 2.84. The molecule has 0 unspecified atom stereocenters. The molecule has 1 heterocycles. The highest BCUT2D eigenvalue weighted by atomic mass is 35.5. The van der Waals surface area contributed by atoms with E-state index in [1.165, 1.54) is 0 Å². The Kier molecular flexibility index (Phi) is 10.6. The molecule has 1 aliphatic rings. The summed E-state index contributed by atoms with van der Waals surface area (Å²) in [6, 6.07) is 9.45. The van der Waals surface area contributed by atoms with E-state index in [2.05, 4.69) is 5.32 Å². The third-order valence-corrected chi connectivity index (χ3v) is 7.32. The number of hydrogen-bond donors (Lipinski definition) is 3. The highest BCUT2D eigenvalue weighted by molar-refractivity contribution is 8.13. The maximum atomic E-state index is 12.9. The van der Waals surface area contributed by atoms with Crippen LogP contribution in [0.3, 0.4) is 0 Å². The lowest BCUT2D eigenvalue weighted by atomic mass is 10.0. The molecule has 2 aromatic carbocycles. The first-order chi connectivity index (χ1) is 17.7. The number of carbonyl (C=O) groups is 4. The van der Waals surface area contributed by atoms with Crippen LogP contribution in [0.5, 0.6) is 5.75 Å². The summed E-state index contributed by atoms with van der Waals surface area (Å²) in [6.07, 6.45) is 0.177. The quantitative estimate of drug-likeness (QED) is 0.329. The summed E-state index contributed by atoms with van der Waals surface area (Å²) < 4.78 is 5.74. The molecule has 0 spiro atoms. The first-order valence-electron chi connectivity index (χ1n) is 11.5. The van der Waals surface area contributed by atoms with Crippen LogP contribution in [0.25, 0.3) is 0 Å². The lowest BCUT2D eigenvalue weighted by Gasteiger charge is -2.33. The van der Waals surface area contributed by atoms with Gasteiger partial charge < -0.3 is 20.3 Å². The molecule has 0 saturated carbocycles. The van der Waals surface area contributed by atoms with Gasteiger partial charge in [0.1, 0.15) is 18.4 Å². The molecule has 1 aliphatic heterocycles. The number of hydrogen-bond acceptors (Lipinski definition) is 7. The lowest BCUT2D eigenvalue weighted by molar-refractivity contribution is -0.143. The fourth-order valence-electron chi connectivity index (χ4n) is 3.80. The van der Waals surface area contributed by atoms with Crippen molar-refractivity contribution in [2.24, 2.45) is 0 Å². The highest BCUT2D eigenvalue weighted by Gasteiger charge is 2.37. The number of amides is 1. The molecule has 2 atom stereocenters. The topological polar surface area (TPSA) is 133 Å². The summed E-state index contributed by atoms with van der Waals surface area (Å²) in [5, 5.41) is 21.6. The Morgan fingerprint density at radius 2 is 1.78 bits per heavy atom. The molecule has 0 aliphatic carbocycles. The molecule has 0 radical (unpaired) electrons. The SMILES string of the molecule is O=C(O)CCCN1CCSC(=O)[C@@H]1C(=O)N[C@H](Cc1ccc(OCc2c(Cl)cccc2Cl)cc1)C(=O)O. The number of rotatable bonds is 12. The molecule has 198 valence electrons. The molecule has 12 heteroatoms. The molecule has 3 N–H and O–H groups in total. The van der Waals surface area contributed by atoms with Crippen LogP contribution in [-0.4, -0.2) is 69.0 Å². The van der Waals surface area contributed by atoms with Gasteiger partial charge in [-0.05, 0) is 42.8 Å². The summed E-state index contributed by atoms with van der Waals surface area (Å²) in [6.45, 7) is 0.823. The van der Waals surface area contributed by atoms with Crippen molar-refractivity contribution in [1.82, 2.24) is 10.2 Å². The zero-order chi connectivity index (χ0) is 26.9. The maximum Gasteiger partial charge on any atom is 0.326 e. The van der Waals surface area contributed by atoms with Gasteiger partial charge in [0, 0.05) is 40.7 Å². The van der Waals surface area contributed by atoms with Crippen LogP contribution in [0.1, 0.15) is 24.0 Å².